The molecule has 2 nitrogen and oxygen atoms in total. The van der Waals surface area contributed by atoms with Crippen molar-refractivity contribution in [1.29, 1.82) is 0 Å². The Morgan fingerprint density at radius 1 is 1.17 bits per heavy atom. The lowest BCUT2D eigenvalue weighted by molar-refractivity contribution is 0.172. The summed E-state index contributed by atoms with van der Waals surface area (Å²) in [5.74, 6) is 0. The second-order valence-corrected chi connectivity index (χ2v) is 5.39. The summed E-state index contributed by atoms with van der Waals surface area (Å²) in [4.78, 5) is 2.58. The summed E-state index contributed by atoms with van der Waals surface area (Å²) in [6.45, 7) is 5.34. The van der Waals surface area contributed by atoms with Gasteiger partial charge in [-0.1, -0.05) is 50.5 Å². The first-order chi connectivity index (χ1) is 8.85. The van der Waals surface area contributed by atoms with Crippen LogP contribution in [-0.2, 0) is 13.0 Å². The average molecular weight is 246 g/mol. The molecule has 0 saturated heterocycles. The zero-order chi connectivity index (χ0) is 12.8. The fraction of sp³-hybridized carbons (Fsp3) is 0.625. The largest absolute Gasteiger partial charge is 0.329 e. The Kier molecular flexibility index (Phi) is 5.21. The molecular formula is C16H26N2. The summed E-state index contributed by atoms with van der Waals surface area (Å²) in [6.07, 6.45) is 6.46. The Hall–Kier alpha value is -0.860. The van der Waals surface area contributed by atoms with Crippen LogP contribution in [0.5, 0.6) is 0 Å². The monoisotopic (exact) mass is 246 g/mol. The molecule has 1 atom stereocenters. The fourth-order valence-electron chi connectivity index (χ4n) is 2.88. The zero-order valence-electron chi connectivity index (χ0n) is 11.6. The molecule has 0 aliphatic carbocycles. The van der Waals surface area contributed by atoms with E-state index in [1.165, 1.54) is 43.4 Å². The van der Waals surface area contributed by atoms with Gasteiger partial charge in [-0.15, -0.1) is 0 Å². The molecule has 1 unspecified atom stereocenters. The van der Waals surface area contributed by atoms with Crippen LogP contribution in [0, 0.1) is 0 Å². The topological polar surface area (TPSA) is 29.3 Å². The third-order valence-electron chi connectivity index (χ3n) is 4.03. The number of hydrogen-bond donors (Lipinski definition) is 1. The van der Waals surface area contributed by atoms with Gasteiger partial charge in [-0.25, -0.2) is 0 Å². The van der Waals surface area contributed by atoms with Crippen LogP contribution in [0.15, 0.2) is 24.3 Å². The fourth-order valence-corrected chi connectivity index (χ4v) is 2.88. The van der Waals surface area contributed by atoms with Gasteiger partial charge in [-0.3, -0.25) is 4.90 Å². The number of nitrogens with two attached hydrogens (primary N) is 1. The number of rotatable bonds is 6. The minimum atomic E-state index is 0.543. The highest BCUT2D eigenvalue weighted by atomic mass is 15.2. The molecule has 2 heteroatoms. The maximum Gasteiger partial charge on any atom is 0.0262 e. The molecule has 2 rings (SSSR count). The van der Waals surface area contributed by atoms with Gasteiger partial charge < -0.3 is 5.73 Å². The molecule has 1 aliphatic heterocycles. The van der Waals surface area contributed by atoms with Gasteiger partial charge in [0.25, 0.3) is 0 Å². The lowest BCUT2D eigenvalue weighted by Crippen LogP contribution is -2.45. The van der Waals surface area contributed by atoms with Crippen LogP contribution in [0.1, 0.15) is 43.7 Å². The predicted octanol–water partition coefficient (Wildman–Crippen LogP) is 2.95. The van der Waals surface area contributed by atoms with Crippen molar-refractivity contribution in [3.8, 4) is 0 Å². The van der Waals surface area contributed by atoms with Crippen LogP contribution in [0.2, 0.25) is 0 Å². The van der Waals surface area contributed by atoms with Crippen molar-refractivity contribution in [2.75, 3.05) is 13.1 Å². The zero-order valence-corrected chi connectivity index (χ0v) is 11.6. The first-order valence-corrected chi connectivity index (χ1v) is 7.36. The molecule has 2 N–H and O–H groups in total. The van der Waals surface area contributed by atoms with E-state index in [0.717, 1.165) is 19.5 Å². The standard InChI is InChI=1S/C16H26N2/c1-2-3-4-7-10-18-13-15-9-6-5-8-14(15)11-16(18)12-17/h5-6,8-9,16H,2-4,7,10-13,17H2,1H3. The lowest BCUT2D eigenvalue weighted by atomic mass is 9.93. The molecule has 1 aromatic rings. The second kappa shape index (κ2) is 6.91. The van der Waals surface area contributed by atoms with Gasteiger partial charge in [0.15, 0.2) is 0 Å². The van der Waals surface area contributed by atoms with Gasteiger partial charge in [-0.05, 0) is 30.5 Å². The van der Waals surface area contributed by atoms with Crippen molar-refractivity contribution in [2.45, 2.75) is 51.6 Å². The molecule has 0 bridgehead atoms. The number of nitrogens with zero attached hydrogens (tertiary/aromatic N) is 1. The maximum absolute atomic E-state index is 5.94. The van der Waals surface area contributed by atoms with Crippen LogP contribution in [0.3, 0.4) is 0 Å². The molecular weight excluding hydrogens is 220 g/mol. The van der Waals surface area contributed by atoms with Gasteiger partial charge in [-0.2, -0.15) is 0 Å². The Labute approximate surface area is 111 Å². The number of benzene rings is 1. The molecule has 0 saturated carbocycles. The molecule has 0 aromatic heterocycles. The third kappa shape index (κ3) is 3.33. The van der Waals surface area contributed by atoms with Crippen LogP contribution in [0.4, 0.5) is 0 Å². The van der Waals surface area contributed by atoms with Gasteiger partial charge in [0.2, 0.25) is 0 Å². The number of unbranched alkanes of at least 4 members (excludes halogenated alkanes) is 3. The van der Waals surface area contributed by atoms with Crippen LogP contribution in [0.25, 0.3) is 0 Å². The first-order valence-electron chi connectivity index (χ1n) is 7.36. The Morgan fingerprint density at radius 2 is 1.94 bits per heavy atom. The van der Waals surface area contributed by atoms with E-state index < -0.39 is 0 Å². The van der Waals surface area contributed by atoms with E-state index >= 15 is 0 Å². The van der Waals surface area contributed by atoms with Crippen molar-refractivity contribution in [3.63, 3.8) is 0 Å². The average Bonchev–Trinajstić information content (AvgIpc) is 2.42. The Bertz CT molecular complexity index is 362. The Morgan fingerprint density at radius 3 is 2.67 bits per heavy atom. The van der Waals surface area contributed by atoms with Gasteiger partial charge in [0, 0.05) is 19.1 Å². The summed E-state index contributed by atoms with van der Waals surface area (Å²) in [5.41, 5.74) is 8.94. The molecule has 1 aromatic carbocycles. The number of hydrogen-bond acceptors (Lipinski definition) is 2. The molecule has 1 aliphatic rings. The van der Waals surface area contributed by atoms with E-state index in [-0.39, 0.29) is 0 Å². The van der Waals surface area contributed by atoms with Gasteiger partial charge >= 0.3 is 0 Å². The highest BCUT2D eigenvalue weighted by molar-refractivity contribution is 5.30. The second-order valence-electron chi connectivity index (χ2n) is 5.39. The third-order valence-corrected chi connectivity index (χ3v) is 4.03. The van der Waals surface area contributed by atoms with E-state index in [4.69, 9.17) is 5.73 Å². The highest BCUT2D eigenvalue weighted by Gasteiger charge is 2.23. The lowest BCUT2D eigenvalue weighted by Gasteiger charge is -2.36. The van der Waals surface area contributed by atoms with E-state index in [0.29, 0.717) is 6.04 Å². The normalized spacial score (nSPS) is 19.8. The minimum absolute atomic E-state index is 0.543. The van der Waals surface area contributed by atoms with Crippen LogP contribution >= 0.6 is 0 Å². The summed E-state index contributed by atoms with van der Waals surface area (Å²) >= 11 is 0. The molecule has 0 amide bonds. The molecule has 0 radical (unpaired) electrons. The van der Waals surface area contributed by atoms with Gasteiger partial charge in [0.1, 0.15) is 0 Å². The maximum atomic E-state index is 5.94. The number of fused-ring (bicyclic) bond motifs is 1. The van der Waals surface area contributed by atoms with Crippen molar-refractivity contribution in [1.82, 2.24) is 4.90 Å². The summed E-state index contributed by atoms with van der Waals surface area (Å²) in [6, 6.07) is 9.36. The van der Waals surface area contributed by atoms with E-state index in [2.05, 4.69) is 36.1 Å². The summed E-state index contributed by atoms with van der Waals surface area (Å²) < 4.78 is 0. The highest BCUT2D eigenvalue weighted by Crippen LogP contribution is 2.23. The van der Waals surface area contributed by atoms with Crippen LogP contribution in [-0.4, -0.2) is 24.0 Å². The molecule has 0 spiro atoms. The van der Waals surface area contributed by atoms with Crippen molar-refractivity contribution in [3.05, 3.63) is 35.4 Å². The van der Waals surface area contributed by atoms with Crippen molar-refractivity contribution >= 4 is 0 Å². The summed E-state index contributed by atoms with van der Waals surface area (Å²) in [7, 11) is 0. The summed E-state index contributed by atoms with van der Waals surface area (Å²) in [5, 5.41) is 0. The van der Waals surface area contributed by atoms with Crippen LogP contribution < -0.4 is 5.73 Å². The van der Waals surface area contributed by atoms with E-state index in [9.17, 15) is 0 Å². The van der Waals surface area contributed by atoms with E-state index in [1.54, 1.807) is 0 Å². The first kappa shape index (κ1) is 13.6. The minimum Gasteiger partial charge on any atom is -0.329 e. The van der Waals surface area contributed by atoms with Crippen molar-refractivity contribution < 1.29 is 0 Å². The Balaban J connectivity index is 1.94. The molecule has 1 heterocycles. The molecule has 0 fully saturated rings. The quantitative estimate of drug-likeness (QED) is 0.782. The van der Waals surface area contributed by atoms with Gasteiger partial charge in [0.05, 0.1) is 0 Å². The van der Waals surface area contributed by atoms with E-state index in [1.807, 2.05) is 0 Å². The predicted molar refractivity (Wildman–Crippen MR) is 77.5 cm³/mol. The molecule has 18 heavy (non-hydrogen) atoms. The SMILES string of the molecule is CCCCCCN1Cc2ccccc2CC1CN. The van der Waals surface area contributed by atoms with Crippen molar-refractivity contribution in [2.24, 2.45) is 5.73 Å². The smallest absolute Gasteiger partial charge is 0.0262 e. The molecule has 100 valence electrons.